The SMILES string of the molecule is N#Cc1ccc(NCCNc2nc(-c3ccc(Cl)cc3Cl)cc3nc(C(=O)N4CCOCC4)nn23)nc1. The Bertz CT molecular complexity index is 1480. The summed E-state index contributed by atoms with van der Waals surface area (Å²) in [6, 6.07) is 12.3. The van der Waals surface area contributed by atoms with E-state index in [9.17, 15) is 4.79 Å². The fraction of sp³-hybridized carbons (Fsp3) is 0.250. The second kappa shape index (κ2) is 11.0. The summed E-state index contributed by atoms with van der Waals surface area (Å²) >= 11 is 12.5. The van der Waals surface area contributed by atoms with E-state index in [4.69, 9.17) is 38.2 Å². The van der Waals surface area contributed by atoms with Crippen molar-refractivity contribution in [3.63, 3.8) is 0 Å². The van der Waals surface area contributed by atoms with Gasteiger partial charge in [-0.1, -0.05) is 23.2 Å². The van der Waals surface area contributed by atoms with E-state index in [1.165, 1.54) is 10.7 Å². The molecule has 1 aliphatic rings. The summed E-state index contributed by atoms with van der Waals surface area (Å²) in [5.74, 6) is 0.838. The number of rotatable bonds is 7. The number of amides is 1. The minimum atomic E-state index is -0.266. The van der Waals surface area contributed by atoms with Gasteiger partial charge in [0.2, 0.25) is 11.8 Å². The highest BCUT2D eigenvalue weighted by atomic mass is 35.5. The van der Waals surface area contributed by atoms with Gasteiger partial charge in [-0.05, 0) is 30.3 Å². The molecule has 0 atom stereocenters. The molecule has 5 rings (SSSR count). The third-order valence-electron chi connectivity index (χ3n) is 5.63. The molecular weight excluding hydrogens is 517 g/mol. The predicted octanol–water partition coefficient (Wildman–Crippen LogP) is 3.36. The molecule has 4 aromatic rings. The van der Waals surface area contributed by atoms with Crippen LogP contribution in [0.15, 0.2) is 42.6 Å². The Hall–Kier alpha value is -3.98. The van der Waals surface area contributed by atoms with Gasteiger partial charge in [-0.2, -0.15) is 9.78 Å². The zero-order chi connectivity index (χ0) is 25.8. The maximum atomic E-state index is 13.0. The third kappa shape index (κ3) is 5.56. The van der Waals surface area contributed by atoms with Gasteiger partial charge < -0.3 is 20.3 Å². The third-order valence-corrected chi connectivity index (χ3v) is 6.18. The normalized spacial score (nSPS) is 13.4. The predicted molar refractivity (Wildman–Crippen MR) is 139 cm³/mol. The number of morpholine rings is 1. The second-order valence-electron chi connectivity index (χ2n) is 8.10. The molecule has 1 aliphatic heterocycles. The van der Waals surface area contributed by atoms with Crippen molar-refractivity contribution in [2.24, 2.45) is 0 Å². The summed E-state index contributed by atoms with van der Waals surface area (Å²) in [7, 11) is 0. The maximum absolute atomic E-state index is 13.0. The molecule has 0 unspecified atom stereocenters. The number of nitrogens with one attached hydrogen (secondary N) is 2. The first-order chi connectivity index (χ1) is 18.0. The van der Waals surface area contributed by atoms with E-state index in [0.29, 0.717) is 83.7 Å². The second-order valence-corrected chi connectivity index (χ2v) is 8.94. The zero-order valence-electron chi connectivity index (χ0n) is 19.5. The minimum absolute atomic E-state index is 0.0750. The molecule has 188 valence electrons. The first-order valence-electron chi connectivity index (χ1n) is 11.5. The highest BCUT2D eigenvalue weighted by molar-refractivity contribution is 6.36. The number of carbonyl (C=O) groups is 1. The average Bonchev–Trinajstić information content (AvgIpc) is 3.36. The molecule has 4 heterocycles. The van der Waals surface area contributed by atoms with E-state index in [0.717, 1.165) is 0 Å². The standard InChI is InChI=1S/C24H21Cl2N9O2/c25-16-2-3-17(18(26)11-16)19-12-21-32-22(23(36)34-7-9-37-10-8-34)33-35(21)24(31-19)29-6-5-28-20-4-1-15(13-27)14-30-20/h1-4,11-12,14H,5-10H2,(H,28,30)(H,29,31). The summed E-state index contributed by atoms with van der Waals surface area (Å²) < 4.78 is 6.84. The number of nitrogens with zero attached hydrogens (tertiary/aromatic N) is 7. The molecule has 0 bridgehead atoms. The number of halogens is 2. The highest BCUT2D eigenvalue weighted by Crippen LogP contribution is 2.30. The molecule has 3 aromatic heterocycles. The van der Waals surface area contributed by atoms with Crippen molar-refractivity contribution in [2.75, 3.05) is 50.0 Å². The molecule has 0 saturated carbocycles. The van der Waals surface area contributed by atoms with Crippen LogP contribution in [0.5, 0.6) is 0 Å². The fourth-order valence-corrected chi connectivity index (χ4v) is 4.27. The van der Waals surface area contributed by atoms with Crippen LogP contribution in [0.2, 0.25) is 10.0 Å². The minimum Gasteiger partial charge on any atom is -0.378 e. The molecule has 13 heteroatoms. The largest absolute Gasteiger partial charge is 0.378 e. The van der Waals surface area contributed by atoms with Crippen molar-refractivity contribution in [1.29, 1.82) is 5.26 Å². The van der Waals surface area contributed by atoms with Gasteiger partial charge in [0.25, 0.3) is 5.91 Å². The van der Waals surface area contributed by atoms with Gasteiger partial charge >= 0.3 is 0 Å². The number of anilines is 2. The van der Waals surface area contributed by atoms with Crippen LogP contribution in [-0.2, 0) is 4.74 Å². The van der Waals surface area contributed by atoms with Crippen molar-refractivity contribution < 1.29 is 9.53 Å². The van der Waals surface area contributed by atoms with Crippen LogP contribution >= 0.6 is 23.2 Å². The summed E-state index contributed by atoms with van der Waals surface area (Å²) in [4.78, 5) is 28.1. The number of pyridine rings is 1. The molecule has 1 saturated heterocycles. The van der Waals surface area contributed by atoms with Crippen molar-refractivity contribution in [3.8, 4) is 17.3 Å². The molecule has 0 radical (unpaired) electrons. The lowest BCUT2D eigenvalue weighted by Crippen LogP contribution is -2.41. The van der Waals surface area contributed by atoms with Crippen LogP contribution in [0.1, 0.15) is 16.2 Å². The van der Waals surface area contributed by atoms with E-state index in [2.05, 4.69) is 25.7 Å². The number of hydrogen-bond donors (Lipinski definition) is 2. The zero-order valence-corrected chi connectivity index (χ0v) is 21.0. The lowest BCUT2D eigenvalue weighted by atomic mass is 10.1. The van der Waals surface area contributed by atoms with E-state index < -0.39 is 0 Å². The van der Waals surface area contributed by atoms with Gasteiger partial charge in [-0.3, -0.25) is 4.79 Å². The molecule has 1 fully saturated rings. The summed E-state index contributed by atoms with van der Waals surface area (Å²) in [5, 5.41) is 20.7. The van der Waals surface area contributed by atoms with Gasteiger partial charge in [-0.25, -0.2) is 15.0 Å². The lowest BCUT2D eigenvalue weighted by molar-refractivity contribution is 0.0295. The molecule has 0 aliphatic carbocycles. The monoisotopic (exact) mass is 537 g/mol. The van der Waals surface area contributed by atoms with Crippen molar-refractivity contribution in [3.05, 3.63) is 64.0 Å². The van der Waals surface area contributed by atoms with Gasteiger partial charge in [0, 0.05) is 49.0 Å². The Labute approximate surface area is 222 Å². The topological polar surface area (TPSA) is 133 Å². The number of hydrogen-bond acceptors (Lipinski definition) is 9. The summed E-state index contributed by atoms with van der Waals surface area (Å²) in [6.07, 6.45) is 1.50. The Kier molecular flexibility index (Phi) is 7.32. The number of nitriles is 1. The molecule has 37 heavy (non-hydrogen) atoms. The first kappa shape index (κ1) is 24.7. The van der Waals surface area contributed by atoms with Crippen molar-refractivity contribution in [1.82, 2.24) is 29.5 Å². The number of ether oxygens (including phenoxy) is 1. The van der Waals surface area contributed by atoms with Crippen LogP contribution in [0.4, 0.5) is 11.8 Å². The number of carbonyl (C=O) groups excluding carboxylic acids is 1. The van der Waals surface area contributed by atoms with Gasteiger partial charge in [-0.15, -0.1) is 5.10 Å². The van der Waals surface area contributed by atoms with E-state index >= 15 is 0 Å². The molecule has 1 aromatic carbocycles. The van der Waals surface area contributed by atoms with Crippen molar-refractivity contribution in [2.45, 2.75) is 0 Å². The quantitative estimate of drug-likeness (QED) is 0.340. The first-order valence-corrected chi connectivity index (χ1v) is 12.2. The maximum Gasteiger partial charge on any atom is 0.293 e. The molecule has 2 N–H and O–H groups in total. The number of fused-ring (bicyclic) bond motifs is 1. The van der Waals surface area contributed by atoms with Crippen LogP contribution in [-0.4, -0.2) is 74.8 Å². The van der Waals surface area contributed by atoms with Gasteiger partial charge in [0.1, 0.15) is 11.9 Å². The van der Waals surface area contributed by atoms with Crippen LogP contribution in [0, 0.1) is 11.3 Å². The lowest BCUT2D eigenvalue weighted by Gasteiger charge is -2.25. The van der Waals surface area contributed by atoms with Crippen LogP contribution < -0.4 is 10.6 Å². The fourth-order valence-electron chi connectivity index (χ4n) is 3.77. The van der Waals surface area contributed by atoms with E-state index in [1.807, 2.05) is 6.07 Å². The smallest absolute Gasteiger partial charge is 0.293 e. The van der Waals surface area contributed by atoms with Crippen molar-refractivity contribution >= 4 is 46.5 Å². The Balaban J connectivity index is 1.42. The number of aromatic nitrogens is 5. The Morgan fingerprint density at radius 2 is 1.89 bits per heavy atom. The average molecular weight is 538 g/mol. The molecule has 0 spiro atoms. The molecule has 11 nitrogen and oxygen atoms in total. The highest BCUT2D eigenvalue weighted by Gasteiger charge is 2.24. The number of benzene rings is 1. The Morgan fingerprint density at radius 3 is 2.62 bits per heavy atom. The Morgan fingerprint density at radius 1 is 1.08 bits per heavy atom. The summed E-state index contributed by atoms with van der Waals surface area (Å²) in [5.41, 5.74) is 2.15. The van der Waals surface area contributed by atoms with Crippen LogP contribution in [0.3, 0.4) is 0 Å². The summed E-state index contributed by atoms with van der Waals surface area (Å²) in [6.45, 7) is 2.88. The molecule has 1 amide bonds. The van der Waals surface area contributed by atoms with Gasteiger partial charge in [0.05, 0.1) is 29.5 Å². The molecular formula is C24H21Cl2N9O2. The van der Waals surface area contributed by atoms with E-state index in [1.54, 1.807) is 41.3 Å². The van der Waals surface area contributed by atoms with Gasteiger partial charge in [0.15, 0.2) is 5.65 Å². The van der Waals surface area contributed by atoms with Crippen LogP contribution in [0.25, 0.3) is 16.9 Å². The van der Waals surface area contributed by atoms with E-state index in [-0.39, 0.29) is 11.7 Å².